The number of fused-ring (bicyclic) bond motifs is 1. The molecule has 1 aromatic rings. The van der Waals surface area contributed by atoms with E-state index in [1.54, 1.807) is 0 Å². The summed E-state index contributed by atoms with van der Waals surface area (Å²) in [5.41, 5.74) is 2.13. The van der Waals surface area contributed by atoms with Gasteiger partial charge >= 0.3 is 0 Å². The molecule has 0 bridgehead atoms. The van der Waals surface area contributed by atoms with E-state index in [0.29, 0.717) is 0 Å². The van der Waals surface area contributed by atoms with Crippen molar-refractivity contribution in [1.82, 2.24) is 0 Å². The number of ether oxygens (including phenoxy) is 1. The number of benzene rings is 1. The van der Waals surface area contributed by atoms with E-state index in [0.717, 1.165) is 55.4 Å². The summed E-state index contributed by atoms with van der Waals surface area (Å²) < 4.78 is 6.08. The van der Waals surface area contributed by atoms with Gasteiger partial charge < -0.3 is 14.9 Å². The molecule has 2 aliphatic rings. The van der Waals surface area contributed by atoms with E-state index in [2.05, 4.69) is 0 Å². The average Bonchev–Trinajstić information content (AvgIpc) is 2.67. The molecule has 0 aromatic heterocycles. The molecule has 0 amide bonds. The zero-order chi connectivity index (χ0) is 13.2. The molecule has 2 aliphatic carbocycles. The molecule has 0 heterocycles. The first-order chi connectivity index (χ1) is 9.25. The topological polar surface area (TPSA) is 49.7 Å². The fourth-order valence-corrected chi connectivity index (χ4v) is 3.26. The third kappa shape index (κ3) is 2.63. The third-order valence-corrected chi connectivity index (χ3v) is 4.39. The minimum absolute atomic E-state index is 0.0910. The van der Waals surface area contributed by atoms with Gasteiger partial charge in [0.25, 0.3) is 0 Å². The van der Waals surface area contributed by atoms with Crippen LogP contribution >= 0.6 is 0 Å². The van der Waals surface area contributed by atoms with Gasteiger partial charge in [-0.1, -0.05) is 25.0 Å². The van der Waals surface area contributed by atoms with Crippen molar-refractivity contribution >= 4 is 0 Å². The molecule has 19 heavy (non-hydrogen) atoms. The second-order valence-electron chi connectivity index (χ2n) is 5.74. The lowest BCUT2D eigenvalue weighted by Crippen LogP contribution is -2.30. The van der Waals surface area contributed by atoms with Crippen LogP contribution in [0, 0.1) is 0 Å². The second-order valence-corrected chi connectivity index (χ2v) is 5.74. The molecule has 104 valence electrons. The Bertz CT molecular complexity index is 444. The molecular weight excluding hydrogens is 240 g/mol. The van der Waals surface area contributed by atoms with Crippen molar-refractivity contribution in [3.8, 4) is 5.75 Å². The van der Waals surface area contributed by atoms with Crippen molar-refractivity contribution in [3.05, 3.63) is 29.3 Å². The third-order valence-electron chi connectivity index (χ3n) is 4.39. The molecule has 0 radical (unpaired) electrons. The Hall–Kier alpha value is -1.06. The number of aliphatic hydroxyl groups excluding tert-OH is 2. The SMILES string of the molecule is OC1CCc2c(OC3CCCCCC3O)cccc21. The van der Waals surface area contributed by atoms with Gasteiger partial charge in [-0.2, -0.15) is 0 Å². The number of hydrogen-bond acceptors (Lipinski definition) is 3. The zero-order valence-electron chi connectivity index (χ0n) is 11.2. The molecule has 2 N–H and O–H groups in total. The van der Waals surface area contributed by atoms with E-state index in [1.165, 1.54) is 6.42 Å². The molecule has 0 aliphatic heterocycles. The van der Waals surface area contributed by atoms with Crippen LogP contribution in [-0.2, 0) is 6.42 Å². The van der Waals surface area contributed by atoms with Crippen LogP contribution in [0.1, 0.15) is 55.8 Å². The minimum Gasteiger partial charge on any atom is -0.487 e. The maximum absolute atomic E-state index is 10.1. The Kier molecular flexibility index (Phi) is 3.76. The van der Waals surface area contributed by atoms with Crippen LogP contribution in [0.3, 0.4) is 0 Å². The van der Waals surface area contributed by atoms with Crippen LogP contribution in [0.15, 0.2) is 18.2 Å². The van der Waals surface area contributed by atoms with E-state index in [9.17, 15) is 10.2 Å². The zero-order valence-corrected chi connectivity index (χ0v) is 11.2. The Balaban J connectivity index is 1.80. The first-order valence-electron chi connectivity index (χ1n) is 7.40. The van der Waals surface area contributed by atoms with Crippen molar-refractivity contribution in [2.45, 2.75) is 63.3 Å². The summed E-state index contributed by atoms with van der Waals surface area (Å²) in [7, 11) is 0. The van der Waals surface area contributed by atoms with Crippen LogP contribution in [0.2, 0.25) is 0 Å². The van der Waals surface area contributed by atoms with Gasteiger partial charge in [0.2, 0.25) is 0 Å². The van der Waals surface area contributed by atoms with Crippen LogP contribution in [0.25, 0.3) is 0 Å². The molecule has 1 aromatic carbocycles. The summed E-state index contributed by atoms with van der Waals surface area (Å²) in [5, 5.41) is 20.0. The Morgan fingerprint density at radius 3 is 2.74 bits per heavy atom. The van der Waals surface area contributed by atoms with E-state index in [4.69, 9.17) is 4.74 Å². The fraction of sp³-hybridized carbons (Fsp3) is 0.625. The summed E-state index contributed by atoms with van der Waals surface area (Å²) in [6.45, 7) is 0. The first kappa shape index (κ1) is 12.9. The first-order valence-corrected chi connectivity index (χ1v) is 7.40. The van der Waals surface area contributed by atoms with Crippen LogP contribution in [0.5, 0.6) is 5.75 Å². The largest absolute Gasteiger partial charge is 0.487 e. The lowest BCUT2D eigenvalue weighted by molar-refractivity contribution is 0.0315. The van der Waals surface area contributed by atoms with Gasteiger partial charge in [-0.05, 0) is 43.7 Å². The second kappa shape index (κ2) is 5.51. The number of aliphatic hydroxyl groups is 2. The van der Waals surface area contributed by atoms with Gasteiger partial charge in [0.1, 0.15) is 11.9 Å². The van der Waals surface area contributed by atoms with E-state index in [1.807, 2.05) is 18.2 Å². The van der Waals surface area contributed by atoms with E-state index in [-0.39, 0.29) is 18.3 Å². The number of hydrogen-bond donors (Lipinski definition) is 2. The summed E-state index contributed by atoms with van der Waals surface area (Å²) >= 11 is 0. The molecule has 0 saturated heterocycles. The molecule has 3 rings (SSSR count). The van der Waals surface area contributed by atoms with Crippen LogP contribution in [0.4, 0.5) is 0 Å². The lowest BCUT2D eigenvalue weighted by Gasteiger charge is -2.23. The molecule has 3 unspecified atom stereocenters. The highest BCUT2D eigenvalue weighted by Crippen LogP contribution is 2.37. The minimum atomic E-state index is -0.357. The Morgan fingerprint density at radius 2 is 1.84 bits per heavy atom. The van der Waals surface area contributed by atoms with Crippen molar-refractivity contribution in [2.75, 3.05) is 0 Å². The summed E-state index contributed by atoms with van der Waals surface area (Å²) in [6.07, 6.45) is 6.01. The van der Waals surface area contributed by atoms with Gasteiger partial charge in [0, 0.05) is 5.56 Å². The monoisotopic (exact) mass is 262 g/mol. The van der Waals surface area contributed by atoms with E-state index >= 15 is 0 Å². The van der Waals surface area contributed by atoms with Crippen molar-refractivity contribution in [3.63, 3.8) is 0 Å². The smallest absolute Gasteiger partial charge is 0.124 e. The summed E-state index contributed by atoms with van der Waals surface area (Å²) in [4.78, 5) is 0. The quantitative estimate of drug-likeness (QED) is 0.806. The maximum atomic E-state index is 10.1. The van der Waals surface area contributed by atoms with Gasteiger partial charge in [0.15, 0.2) is 0 Å². The highest BCUT2D eigenvalue weighted by atomic mass is 16.5. The molecular formula is C16H22O3. The van der Waals surface area contributed by atoms with Crippen LogP contribution in [-0.4, -0.2) is 22.4 Å². The summed E-state index contributed by atoms with van der Waals surface area (Å²) in [6, 6.07) is 5.88. The van der Waals surface area contributed by atoms with Gasteiger partial charge in [-0.15, -0.1) is 0 Å². The van der Waals surface area contributed by atoms with Gasteiger partial charge in [-0.25, -0.2) is 0 Å². The van der Waals surface area contributed by atoms with Crippen molar-refractivity contribution < 1.29 is 14.9 Å². The fourth-order valence-electron chi connectivity index (χ4n) is 3.26. The Labute approximate surface area is 114 Å². The highest BCUT2D eigenvalue weighted by molar-refractivity contribution is 5.44. The molecule has 0 spiro atoms. The summed E-state index contributed by atoms with van der Waals surface area (Å²) in [5.74, 6) is 0.861. The standard InChI is InChI=1S/C16H22O3/c17-13-10-9-12-11(13)5-4-8-15(12)19-16-7-3-1-2-6-14(16)18/h4-5,8,13-14,16-18H,1-3,6-7,9-10H2. The van der Waals surface area contributed by atoms with Gasteiger partial charge in [-0.3, -0.25) is 0 Å². The van der Waals surface area contributed by atoms with Gasteiger partial charge in [0.05, 0.1) is 12.2 Å². The van der Waals surface area contributed by atoms with Crippen molar-refractivity contribution in [2.24, 2.45) is 0 Å². The average molecular weight is 262 g/mol. The van der Waals surface area contributed by atoms with Crippen LogP contribution < -0.4 is 4.74 Å². The highest BCUT2D eigenvalue weighted by Gasteiger charge is 2.27. The van der Waals surface area contributed by atoms with E-state index < -0.39 is 0 Å². The number of rotatable bonds is 2. The molecule has 3 heteroatoms. The molecule has 1 fully saturated rings. The Morgan fingerprint density at radius 1 is 1.00 bits per heavy atom. The molecule has 1 saturated carbocycles. The lowest BCUT2D eigenvalue weighted by atomic mass is 10.1. The molecule has 3 atom stereocenters. The maximum Gasteiger partial charge on any atom is 0.124 e. The predicted octanol–water partition coefficient (Wildman–Crippen LogP) is 2.74. The van der Waals surface area contributed by atoms with Crippen molar-refractivity contribution in [1.29, 1.82) is 0 Å². The normalized spacial score (nSPS) is 30.7. The predicted molar refractivity (Wildman–Crippen MR) is 73.2 cm³/mol. The molecule has 3 nitrogen and oxygen atoms in total.